The van der Waals surface area contributed by atoms with Crippen LogP contribution in [0.3, 0.4) is 0 Å². The summed E-state index contributed by atoms with van der Waals surface area (Å²) < 4.78 is 10.9. The van der Waals surface area contributed by atoms with Crippen LogP contribution in [0.2, 0.25) is 0 Å². The lowest BCUT2D eigenvalue weighted by Gasteiger charge is -2.33. The first-order valence-corrected chi connectivity index (χ1v) is 5.80. The summed E-state index contributed by atoms with van der Waals surface area (Å²) in [5.74, 6) is 4.94. The quantitative estimate of drug-likeness (QED) is 0.344. The van der Waals surface area contributed by atoms with Gasteiger partial charge in [0, 0.05) is 17.2 Å². The molecule has 1 heterocycles. The van der Waals surface area contributed by atoms with E-state index < -0.39 is 0 Å². The Kier molecular flexibility index (Phi) is 7.83. The van der Waals surface area contributed by atoms with Gasteiger partial charge in [0.15, 0.2) is 6.29 Å². The minimum atomic E-state index is -0.292. The number of rotatable bonds is 3. The molecule has 1 aliphatic rings. The van der Waals surface area contributed by atoms with Crippen molar-refractivity contribution in [2.75, 3.05) is 19.8 Å². The first-order valence-electron chi connectivity index (χ1n) is 5.80. The summed E-state index contributed by atoms with van der Waals surface area (Å²) in [6, 6.07) is 0. The topological polar surface area (TPSA) is 69.2 Å². The van der Waals surface area contributed by atoms with E-state index in [9.17, 15) is 0 Å². The van der Waals surface area contributed by atoms with Gasteiger partial charge in [-0.05, 0) is 0 Å². The molecule has 1 aliphatic heterocycles. The molecule has 5 nitrogen and oxygen atoms in total. The van der Waals surface area contributed by atoms with E-state index in [0.29, 0.717) is 19.8 Å². The first kappa shape index (κ1) is 16.1. The summed E-state index contributed by atoms with van der Waals surface area (Å²) in [5, 5.41) is 3.26. The Balaban J connectivity index is 0.00000121. The van der Waals surface area contributed by atoms with Crippen molar-refractivity contribution in [2.45, 2.75) is 34.0 Å². The summed E-state index contributed by atoms with van der Waals surface area (Å²) >= 11 is 0. The highest BCUT2D eigenvalue weighted by molar-refractivity contribution is 6.75. The van der Waals surface area contributed by atoms with Crippen LogP contribution in [0.1, 0.15) is 27.7 Å². The van der Waals surface area contributed by atoms with Gasteiger partial charge in [-0.3, -0.25) is 4.99 Å². The van der Waals surface area contributed by atoms with Crippen LogP contribution in [0.15, 0.2) is 10.1 Å². The zero-order valence-electron chi connectivity index (χ0n) is 11.1. The van der Waals surface area contributed by atoms with Gasteiger partial charge in [-0.1, -0.05) is 27.7 Å². The van der Waals surface area contributed by atoms with E-state index in [4.69, 9.17) is 23.2 Å². The lowest BCUT2D eigenvalue weighted by molar-refractivity contribution is -0.215. The third-order valence-electron chi connectivity index (χ3n) is 1.95. The Bertz CT molecular complexity index is 257. The van der Waals surface area contributed by atoms with Crippen molar-refractivity contribution in [2.24, 2.45) is 21.4 Å². The standard InChI is InChI=1S/C9H16BN3O2.C2H6/c1-9(2)5-14-8(15-6-9)4-12-3-7(10)13-11;1-2/h3,8H,4-6,11H2,1-2H3;1-2H3/b12-3?,13-7+;. The molecule has 0 aliphatic carbocycles. The molecule has 0 aromatic heterocycles. The maximum Gasteiger partial charge on any atom is 0.176 e. The van der Waals surface area contributed by atoms with Crippen LogP contribution in [0.4, 0.5) is 0 Å². The molecule has 17 heavy (non-hydrogen) atoms. The highest BCUT2D eigenvalue weighted by atomic mass is 16.7. The van der Waals surface area contributed by atoms with Crippen molar-refractivity contribution in [3.05, 3.63) is 0 Å². The minimum Gasteiger partial charge on any atom is -0.350 e. The van der Waals surface area contributed by atoms with Gasteiger partial charge in [-0.15, -0.1) is 0 Å². The molecule has 0 amide bonds. The third-order valence-corrected chi connectivity index (χ3v) is 1.95. The summed E-state index contributed by atoms with van der Waals surface area (Å²) in [6.07, 6.45) is 1.10. The van der Waals surface area contributed by atoms with E-state index in [2.05, 4.69) is 23.9 Å². The molecule has 0 saturated carbocycles. The number of hydrogen-bond donors (Lipinski definition) is 1. The van der Waals surface area contributed by atoms with Gasteiger partial charge < -0.3 is 15.3 Å². The Hall–Kier alpha value is -0.875. The number of ether oxygens (including phenoxy) is 2. The van der Waals surface area contributed by atoms with Gasteiger partial charge in [-0.2, -0.15) is 5.10 Å². The van der Waals surface area contributed by atoms with Crippen LogP contribution in [0, 0.1) is 5.41 Å². The summed E-state index contributed by atoms with van der Waals surface area (Å²) in [6.45, 7) is 9.94. The van der Waals surface area contributed by atoms with Crippen molar-refractivity contribution >= 4 is 19.7 Å². The zero-order chi connectivity index (χ0) is 13.3. The molecular weight excluding hydrogens is 217 g/mol. The van der Waals surface area contributed by atoms with Crippen LogP contribution in [0.25, 0.3) is 0 Å². The van der Waals surface area contributed by atoms with Gasteiger partial charge in [0.2, 0.25) is 0 Å². The normalized spacial score (nSPS) is 21.1. The molecule has 2 N–H and O–H groups in total. The van der Waals surface area contributed by atoms with Crippen molar-refractivity contribution in [1.82, 2.24) is 0 Å². The molecule has 1 rings (SSSR count). The number of aliphatic imine (C=N–C) groups is 1. The molecule has 0 bridgehead atoms. The zero-order valence-corrected chi connectivity index (χ0v) is 11.1. The number of nitrogens with two attached hydrogens (primary N) is 1. The second-order valence-corrected chi connectivity index (χ2v) is 4.26. The lowest BCUT2D eigenvalue weighted by Crippen LogP contribution is -2.39. The highest BCUT2D eigenvalue weighted by Gasteiger charge is 2.27. The second kappa shape index (κ2) is 8.25. The molecule has 0 aromatic rings. The maximum atomic E-state index is 5.46. The van der Waals surface area contributed by atoms with Gasteiger partial charge in [0.1, 0.15) is 7.85 Å². The minimum absolute atomic E-state index is 0.0813. The van der Waals surface area contributed by atoms with E-state index in [0.717, 1.165) is 0 Å². The molecule has 1 saturated heterocycles. The molecule has 2 radical (unpaired) electrons. The van der Waals surface area contributed by atoms with Crippen LogP contribution >= 0.6 is 0 Å². The van der Waals surface area contributed by atoms with E-state index in [1.807, 2.05) is 13.8 Å². The molecule has 0 aromatic carbocycles. The van der Waals surface area contributed by atoms with Crippen LogP contribution < -0.4 is 5.84 Å². The Morgan fingerprint density at radius 3 is 2.41 bits per heavy atom. The summed E-state index contributed by atoms with van der Waals surface area (Å²) in [5.41, 5.74) is 0.268. The van der Waals surface area contributed by atoms with Gasteiger partial charge in [0.25, 0.3) is 0 Å². The molecule has 6 heteroatoms. The third kappa shape index (κ3) is 7.12. The average molecular weight is 239 g/mol. The molecular formula is C11H22BN3O2. The molecule has 96 valence electrons. The monoisotopic (exact) mass is 239 g/mol. The van der Waals surface area contributed by atoms with E-state index in [-0.39, 0.29) is 17.3 Å². The smallest absolute Gasteiger partial charge is 0.176 e. The fourth-order valence-corrected chi connectivity index (χ4v) is 1.10. The van der Waals surface area contributed by atoms with Crippen molar-refractivity contribution in [3.63, 3.8) is 0 Å². The second-order valence-electron chi connectivity index (χ2n) is 4.26. The van der Waals surface area contributed by atoms with E-state index in [1.54, 1.807) is 0 Å². The van der Waals surface area contributed by atoms with E-state index in [1.165, 1.54) is 6.21 Å². The molecule has 0 atom stereocenters. The Morgan fingerprint density at radius 1 is 1.41 bits per heavy atom. The predicted octanol–water partition coefficient (Wildman–Crippen LogP) is 0.923. The largest absolute Gasteiger partial charge is 0.350 e. The van der Waals surface area contributed by atoms with Crippen molar-refractivity contribution in [3.8, 4) is 0 Å². The number of hydrazone groups is 1. The summed E-state index contributed by atoms with van der Waals surface area (Å²) in [7, 11) is 5.33. The fraction of sp³-hybridized carbons (Fsp3) is 0.818. The van der Waals surface area contributed by atoms with Crippen molar-refractivity contribution < 1.29 is 9.47 Å². The maximum absolute atomic E-state index is 5.46. The Labute approximate surface area is 105 Å². The average Bonchev–Trinajstić information content (AvgIpc) is 2.33. The SMILES string of the molecule is CC.[B]/C(C=NCC1OCC(C)(C)CO1)=N/N. The lowest BCUT2D eigenvalue weighted by atomic mass is 9.96. The van der Waals surface area contributed by atoms with Crippen LogP contribution in [-0.4, -0.2) is 45.7 Å². The number of hydrogen-bond acceptors (Lipinski definition) is 5. The van der Waals surface area contributed by atoms with Crippen LogP contribution in [-0.2, 0) is 9.47 Å². The summed E-state index contributed by atoms with van der Waals surface area (Å²) in [4.78, 5) is 4.00. The molecule has 0 spiro atoms. The van der Waals surface area contributed by atoms with Crippen LogP contribution in [0.5, 0.6) is 0 Å². The number of nitrogens with zero attached hydrogens (tertiary/aromatic N) is 2. The first-order chi connectivity index (χ1) is 8.03. The van der Waals surface area contributed by atoms with Gasteiger partial charge >= 0.3 is 0 Å². The predicted molar refractivity (Wildman–Crippen MR) is 71.6 cm³/mol. The fourth-order valence-electron chi connectivity index (χ4n) is 1.10. The highest BCUT2D eigenvalue weighted by Crippen LogP contribution is 2.22. The van der Waals surface area contributed by atoms with Gasteiger partial charge in [-0.25, -0.2) is 0 Å². The van der Waals surface area contributed by atoms with Crippen molar-refractivity contribution in [1.29, 1.82) is 0 Å². The molecule has 1 fully saturated rings. The van der Waals surface area contributed by atoms with E-state index >= 15 is 0 Å². The molecule has 0 unspecified atom stereocenters. The Morgan fingerprint density at radius 2 is 1.94 bits per heavy atom. The van der Waals surface area contributed by atoms with Gasteiger partial charge in [0.05, 0.1) is 19.8 Å².